The Balaban J connectivity index is 4.39. The molecule has 0 unspecified atom stereocenters. The lowest BCUT2D eigenvalue weighted by molar-refractivity contribution is -0.167. The van der Waals surface area contributed by atoms with E-state index in [1.165, 1.54) is 193 Å². The molecular formula is C67H118O6. The molecule has 6 heteroatoms. The second kappa shape index (κ2) is 61.4. The van der Waals surface area contributed by atoms with Gasteiger partial charge in [-0.15, -0.1) is 0 Å². The van der Waals surface area contributed by atoms with E-state index in [4.69, 9.17) is 14.2 Å². The van der Waals surface area contributed by atoms with Crippen LogP contribution in [0.4, 0.5) is 0 Å². The molecule has 0 amide bonds. The number of esters is 3. The maximum atomic E-state index is 12.9. The zero-order chi connectivity index (χ0) is 52.9. The van der Waals surface area contributed by atoms with Gasteiger partial charge < -0.3 is 14.2 Å². The van der Waals surface area contributed by atoms with Crippen LogP contribution < -0.4 is 0 Å². The summed E-state index contributed by atoms with van der Waals surface area (Å²) in [7, 11) is 0. The van der Waals surface area contributed by atoms with Crippen LogP contribution in [0, 0.1) is 0 Å². The van der Waals surface area contributed by atoms with Crippen LogP contribution in [0.2, 0.25) is 0 Å². The summed E-state index contributed by atoms with van der Waals surface area (Å²) in [6.07, 6.45) is 78.9. The summed E-state index contributed by atoms with van der Waals surface area (Å²) in [5.41, 5.74) is 0. The first-order valence-corrected chi connectivity index (χ1v) is 31.4. The number of hydrogen-bond acceptors (Lipinski definition) is 6. The van der Waals surface area contributed by atoms with Gasteiger partial charge in [-0.1, -0.05) is 254 Å². The zero-order valence-corrected chi connectivity index (χ0v) is 48.4. The third kappa shape index (κ3) is 59.6. The van der Waals surface area contributed by atoms with Gasteiger partial charge in [-0.2, -0.15) is 0 Å². The summed E-state index contributed by atoms with van der Waals surface area (Å²) >= 11 is 0. The smallest absolute Gasteiger partial charge is 0.306 e. The van der Waals surface area contributed by atoms with E-state index >= 15 is 0 Å². The Labute approximate surface area is 453 Å². The predicted molar refractivity (Wildman–Crippen MR) is 316 cm³/mol. The normalized spacial score (nSPS) is 12.5. The highest BCUT2D eigenvalue weighted by Gasteiger charge is 2.19. The molecule has 73 heavy (non-hydrogen) atoms. The lowest BCUT2D eigenvalue weighted by Crippen LogP contribution is -2.30. The highest BCUT2D eigenvalue weighted by molar-refractivity contribution is 5.71. The Morgan fingerprint density at radius 3 is 0.753 bits per heavy atom. The average molecular weight is 1020 g/mol. The molecule has 0 saturated heterocycles. The first-order chi connectivity index (χ1) is 36.0. The zero-order valence-electron chi connectivity index (χ0n) is 48.4. The minimum Gasteiger partial charge on any atom is -0.462 e. The van der Waals surface area contributed by atoms with Crippen LogP contribution in [0.25, 0.3) is 0 Å². The van der Waals surface area contributed by atoms with Gasteiger partial charge in [0.2, 0.25) is 0 Å². The predicted octanol–water partition coefficient (Wildman–Crippen LogP) is 21.3. The fourth-order valence-electron chi connectivity index (χ4n) is 8.89. The van der Waals surface area contributed by atoms with Gasteiger partial charge in [0.25, 0.3) is 0 Å². The minimum atomic E-state index is -0.784. The standard InChI is InChI=1S/C67H118O6/c1-4-7-10-13-16-19-22-25-28-31-33-36-39-42-45-48-51-54-57-60-66(69)72-63-64(62-71-65(68)59-56-53-50-47-44-41-38-35-30-27-24-21-18-15-12-9-6-3)73-67(70)61-58-55-52-49-46-43-40-37-34-32-29-26-23-20-17-14-11-8-5-2/h16-21,25-30,64H,4-15,22-24,31-63H2,1-3H3/b19-16+,20-17+,21-18+,28-25+,29-26+,30-27+/t64-/m1/s1. The van der Waals surface area contributed by atoms with Crippen molar-refractivity contribution in [2.45, 2.75) is 322 Å². The topological polar surface area (TPSA) is 78.9 Å². The Hall–Kier alpha value is -3.15. The molecule has 0 rings (SSSR count). The van der Waals surface area contributed by atoms with Gasteiger partial charge in [0, 0.05) is 19.3 Å². The molecule has 0 aromatic rings. The van der Waals surface area contributed by atoms with Gasteiger partial charge in [0.15, 0.2) is 6.10 Å². The molecule has 0 aliphatic rings. The number of allylic oxidation sites excluding steroid dienone is 12. The van der Waals surface area contributed by atoms with E-state index in [0.29, 0.717) is 19.3 Å². The van der Waals surface area contributed by atoms with Crippen LogP contribution in [0.1, 0.15) is 316 Å². The molecule has 0 aromatic heterocycles. The Kier molecular flexibility index (Phi) is 58.7. The number of carbonyl (C=O) groups excluding carboxylic acids is 3. The fourth-order valence-corrected chi connectivity index (χ4v) is 8.89. The van der Waals surface area contributed by atoms with E-state index in [9.17, 15) is 14.4 Å². The number of carbonyl (C=O) groups is 3. The van der Waals surface area contributed by atoms with Crippen LogP contribution in [-0.4, -0.2) is 37.2 Å². The van der Waals surface area contributed by atoms with E-state index in [1.54, 1.807) is 0 Å². The lowest BCUT2D eigenvalue weighted by atomic mass is 10.1. The Bertz CT molecular complexity index is 1360. The first kappa shape index (κ1) is 69.8. The fraction of sp³-hybridized carbons (Fsp3) is 0.776. The molecule has 422 valence electrons. The molecule has 0 aliphatic heterocycles. The van der Waals surface area contributed by atoms with E-state index in [0.717, 1.165) is 83.5 Å². The number of ether oxygens (including phenoxy) is 3. The molecule has 0 heterocycles. The van der Waals surface area contributed by atoms with Crippen molar-refractivity contribution in [1.82, 2.24) is 0 Å². The lowest BCUT2D eigenvalue weighted by Gasteiger charge is -2.18. The summed E-state index contributed by atoms with van der Waals surface area (Å²) < 4.78 is 16.9. The highest BCUT2D eigenvalue weighted by atomic mass is 16.6. The van der Waals surface area contributed by atoms with E-state index in [-0.39, 0.29) is 31.1 Å². The first-order valence-electron chi connectivity index (χ1n) is 31.4. The third-order valence-electron chi connectivity index (χ3n) is 13.7. The number of unbranched alkanes of at least 4 members (excludes halogenated alkanes) is 34. The van der Waals surface area contributed by atoms with Gasteiger partial charge in [0.1, 0.15) is 13.2 Å². The highest BCUT2D eigenvalue weighted by Crippen LogP contribution is 2.16. The summed E-state index contributed by atoms with van der Waals surface area (Å²) in [4.78, 5) is 38.3. The van der Waals surface area contributed by atoms with Crippen LogP contribution >= 0.6 is 0 Å². The van der Waals surface area contributed by atoms with Gasteiger partial charge in [-0.25, -0.2) is 0 Å². The number of hydrogen-bond donors (Lipinski definition) is 0. The maximum Gasteiger partial charge on any atom is 0.306 e. The average Bonchev–Trinajstić information content (AvgIpc) is 3.39. The van der Waals surface area contributed by atoms with E-state index < -0.39 is 6.10 Å². The number of rotatable bonds is 57. The van der Waals surface area contributed by atoms with Crippen LogP contribution in [0.5, 0.6) is 0 Å². The van der Waals surface area contributed by atoms with Gasteiger partial charge >= 0.3 is 17.9 Å². The Morgan fingerprint density at radius 2 is 0.493 bits per heavy atom. The van der Waals surface area contributed by atoms with E-state index in [2.05, 4.69) is 93.7 Å². The molecule has 0 radical (unpaired) electrons. The molecule has 0 N–H and O–H groups in total. The molecular weight excluding hydrogens is 901 g/mol. The van der Waals surface area contributed by atoms with Crippen LogP contribution in [-0.2, 0) is 28.6 Å². The quantitative estimate of drug-likeness (QED) is 0.0261. The van der Waals surface area contributed by atoms with Gasteiger partial charge in [0.05, 0.1) is 0 Å². The maximum absolute atomic E-state index is 12.9. The van der Waals surface area contributed by atoms with Crippen molar-refractivity contribution in [3.63, 3.8) is 0 Å². The van der Waals surface area contributed by atoms with Crippen LogP contribution in [0.15, 0.2) is 72.9 Å². The van der Waals surface area contributed by atoms with Crippen molar-refractivity contribution < 1.29 is 28.6 Å². The summed E-state index contributed by atoms with van der Waals surface area (Å²) in [6.45, 7) is 6.59. The largest absolute Gasteiger partial charge is 0.462 e. The summed E-state index contributed by atoms with van der Waals surface area (Å²) in [6, 6.07) is 0. The van der Waals surface area contributed by atoms with Gasteiger partial charge in [-0.05, 0) is 116 Å². The molecule has 0 aromatic carbocycles. The molecule has 0 bridgehead atoms. The van der Waals surface area contributed by atoms with Crippen molar-refractivity contribution in [2.75, 3.05) is 13.2 Å². The Morgan fingerprint density at radius 1 is 0.274 bits per heavy atom. The summed E-state index contributed by atoms with van der Waals surface area (Å²) in [5, 5.41) is 0. The summed E-state index contributed by atoms with van der Waals surface area (Å²) in [5.74, 6) is -0.883. The van der Waals surface area contributed by atoms with Crippen molar-refractivity contribution in [3.8, 4) is 0 Å². The van der Waals surface area contributed by atoms with Crippen molar-refractivity contribution >= 4 is 17.9 Å². The van der Waals surface area contributed by atoms with Crippen molar-refractivity contribution in [3.05, 3.63) is 72.9 Å². The molecule has 1 atom stereocenters. The second-order valence-corrected chi connectivity index (χ2v) is 21.0. The van der Waals surface area contributed by atoms with E-state index in [1.807, 2.05) is 0 Å². The SMILES string of the molecule is CCCCC/C=C/C/C=C/CCCCCCCCCCCC(=O)OC[C@@H](COC(=O)CCCCCCCCC/C=C/C/C=C/CCCCC)OC(=O)CCCCCCCCCCC/C=C/C/C=C/CCCCC. The van der Waals surface area contributed by atoms with Crippen molar-refractivity contribution in [1.29, 1.82) is 0 Å². The third-order valence-corrected chi connectivity index (χ3v) is 13.7. The van der Waals surface area contributed by atoms with Crippen LogP contribution in [0.3, 0.4) is 0 Å². The molecule has 6 nitrogen and oxygen atoms in total. The minimum absolute atomic E-state index is 0.0807. The second-order valence-electron chi connectivity index (χ2n) is 21.0. The monoisotopic (exact) mass is 1020 g/mol. The molecule has 0 saturated carbocycles. The van der Waals surface area contributed by atoms with Gasteiger partial charge in [-0.3, -0.25) is 14.4 Å². The molecule has 0 spiro atoms. The molecule has 0 fully saturated rings. The van der Waals surface area contributed by atoms with Crippen molar-refractivity contribution in [2.24, 2.45) is 0 Å². The molecule has 0 aliphatic carbocycles.